The average Bonchev–Trinajstić information content (AvgIpc) is 2.46. The normalized spacial score (nSPS) is 10.6. The lowest BCUT2D eigenvalue weighted by Gasteiger charge is -2.15. The Balaban J connectivity index is 2.80. The van der Waals surface area contributed by atoms with Gasteiger partial charge in [0.25, 0.3) is 5.91 Å². The first kappa shape index (κ1) is 18.0. The van der Waals surface area contributed by atoms with Crippen molar-refractivity contribution >= 4 is 11.9 Å². The van der Waals surface area contributed by atoms with Crippen molar-refractivity contribution in [2.75, 3.05) is 13.2 Å². The molecule has 0 fully saturated rings. The molecule has 0 aliphatic carbocycles. The lowest BCUT2D eigenvalue weighted by atomic mass is 10.0. The van der Waals surface area contributed by atoms with Gasteiger partial charge in [0.15, 0.2) is 6.61 Å². The number of nitrogens with one attached hydrogen (secondary N) is 1. The van der Waals surface area contributed by atoms with Gasteiger partial charge in [-0.3, -0.25) is 4.79 Å². The molecule has 0 bridgehead atoms. The third kappa shape index (κ3) is 5.06. The Kier molecular flexibility index (Phi) is 6.89. The predicted octanol–water partition coefficient (Wildman–Crippen LogP) is 2.93. The molecule has 2 N–H and O–H groups in total. The van der Waals surface area contributed by atoms with Crippen molar-refractivity contribution in [2.24, 2.45) is 5.92 Å². The second kappa shape index (κ2) is 8.41. The zero-order chi connectivity index (χ0) is 16.7. The molecule has 0 aliphatic rings. The minimum atomic E-state index is -1.02. The Morgan fingerprint density at radius 3 is 2.18 bits per heavy atom. The van der Waals surface area contributed by atoms with Crippen LogP contribution < -0.4 is 10.1 Å². The van der Waals surface area contributed by atoms with Crippen LogP contribution in [-0.2, 0) is 4.79 Å². The summed E-state index contributed by atoms with van der Waals surface area (Å²) in [5, 5.41) is 11.6. The maximum atomic E-state index is 12.2. The van der Waals surface area contributed by atoms with Crippen LogP contribution in [0.1, 0.15) is 48.2 Å². The van der Waals surface area contributed by atoms with Gasteiger partial charge in [-0.05, 0) is 43.0 Å². The number of carbonyl (C=O) groups excluding carboxylic acids is 1. The third-order valence-corrected chi connectivity index (χ3v) is 3.77. The number of hydrogen-bond acceptors (Lipinski definition) is 3. The maximum Gasteiger partial charge on any atom is 0.341 e. The van der Waals surface area contributed by atoms with Gasteiger partial charge in [0.05, 0.1) is 0 Å². The quantitative estimate of drug-likeness (QED) is 0.774. The van der Waals surface area contributed by atoms with E-state index in [1.54, 1.807) is 12.1 Å². The summed E-state index contributed by atoms with van der Waals surface area (Å²) in [6.45, 7) is 8.12. The van der Waals surface area contributed by atoms with Gasteiger partial charge < -0.3 is 15.2 Å². The molecule has 122 valence electrons. The minimum absolute atomic E-state index is 0.108. The summed E-state index contributed by atoms with van der Waals surface area (Å²) in [6, 6.07) is 3.46. The first-order chi connectivity index (χ1) is 10.4. The largest absolute Gasteiger partial charge is 0.481 e. The highest BCUT2D eigenvalue weighted by Crippen LogP contribution is 2.25. The van der Waals surface area contributed by atoms with E-state index in [0.717, 1.165) is 24.0 Å². The number of carboxylic acids is 1. The number of hydrogen-bond donors (Lipinski definition) is 2. The number of ether oxygens (including phenoxy) is 1. The second-order valence-electron chi connectivity index (χ2n) is 5.51. The number of carboxylic acid groups (broad SMARTS) is 1. The Morgan fingerprint density at radius 1 is 1.18 bits per heavy atom. The number of rotatable bonds is 8. The molecular weight excluding hydrogens is 282 g/mol. The number of aliphatic carboxylic acids is 1. The summed E-state index contributed by atoms with van der Waals surface area (Å²) in [7, 11) is 0. The van der Waals surface area contributed by atoms with Crippen LogP contribution in [0, 0.1) is 19.8 Å². The molecule has 0 saturated carbocycles. The van der Waals surface area contributed by atoms with Crippen LogP contribution in [0.25, 0.3) is 0 Å². The molecule has 5 nitrogen and oxygen atoms in total. The van der Waals surface area contributed by atoms with E-state index < -0.39 is 5.97 Å². The zero-order valence-corrected chi connectivity index (χ0v) is 13.7. The van der Waals surface area contributed by atoms with E-state index in [0.29, 0.717) is 23.8 Å². The highest BCUT2D eigenvalue weighted by atomic mass is 16.5. The summed E-state index contributed by atoms with van der Waals surface area (Å²) in [6.07, 6.45) is 2.08. The molecule has 0 atom stereocenters. The summed E-state index contributed by atoms with van der Waals surface area (Å²) in [4.78, 5) is 22.8. The van der Waals surface area contributed by atoms with E-state index in [4.69, 9.17) is 9.84 Å². The topological polar surface area (TPSA) is 75.6 Å². The molecule has 0 spiro atoms. The number of benzene rings is 1. The van der Waals surface area contributed by atoms with Crippen molar-refractivity contribution < 1.29 is 19.4 Å². The maximum absolute atomic E-state index is 12.2. The fourth-order valence-electron chi connectivity index (χ4n) is 2.36. The van der Waals surface area contributed by atoms with Gasteiger partial charge in [-0.25, -0.2) is 4.79 Å². The number of aryl methyl sites for hydroxylation is 2. The number of carbonyl (C=O) groups is 2. The third-order valence-electron chi connectivity index (χ3n) is 3.77. The van der Waals surface area contributed by atoms with Gasteiger partial charge in [-0.15, -0.1) is 0 Å². The highest BCUT2D eigenvalue weighted by Gasteiger charge is 2.13. The van der Waals surface area contributed by atoms with Gasteiger partial charge in [-0.1, -0.05) is 26.7 Å². The molecule has 1 aromatic carbocycles. The molecule has 0 aromatic heterocycles. The molecule has 22 heavy (non-hydrogen) atoms. The molecule has 5 heteroatoms. The van der Waals surface area contributed by atoms with Crippen molar-refractivity contribution in [3.8, 4) is 5.75 Å². The van der Waals surface area contributed by atoms with Gasteiger partial charge in [0.2, 0.25) is 0 Å². The lowest BCUT2D eigenvalue weighted by Crippen LogP contribution is -2.29. The van der Waals surface area contributed by atoms with Gasteiger partial charge in [0, 0.05) is 12.1 Å². The van der Waals surface area contributed by atoms with Crippen LogP contribution in [0.3, 0.4) is 0 Å². The Bertz CT molecular complexity index is 512. The fourth-order valence-corrected chi connectivity index (χ4v) is 2.36. The van der Waals surface area contributed by atoms with E-state index in [-0.39, 0.29) is 12.5 Å². The molecule has 0 heterocycles. The summed E-state index contributed by atoms with van der Waals surface area (Å²) in [5.41, 5.74) is 2.09. The lowest BCUT2D eigenvalue weighted by molar-refractivity contribution is -0.139. The standard InChI is InChI=1S/C17H25NO4/c1-5-13(6-2)9-18-17(21)14-7-11(3)16(12(4)8-14)22-10-15(19)20/h7-8,13H,5-6,9-10H2,1-4H3,(H,18,21)(H,19,20). The molecule has 0 aliphatic heterocycles. The molecule has 1 amide bonds. The monoisotopic (exact) mass is 307 g/mol. The fraction of sp³-hybridized carbons (Fsp3) is 0.529. The first-order valence-electron chi connectivity index (χ1n) is 7.63. The molecule has 0 radical (unpaired) electrons. The van der Waals surface area contributed by atoms with Crippen molar-refractivity contribution in [3.63, 3.8) is 0 Å². The van der Waals surface area contributed by atoms with E-state index in [1.165, 1.54) is 0 Å². The van der Waals surface area contributed by atoms with Crippen LogP contribution in [-0.4, -0.2) is 30.1 Å². The van der Waals surface area contributed by atoms with Crippen LogP contribution in [0.2, 0.25) is 0 Å². The summed E-state index contributed by atoms with van der Waals surface area (Å²) < 4.78 is 5.27. The van der Waals surface area contributed by atoms with Gasteiger partial charge >= 0.3 is 5.97 Å². The van der Waals surface area contributed by atoms with E-state index in [2.05, 4.69) is 19.2 Å². The molecule has 0 saturated heterocycles. The average molecular weight is 307 g/mol. The van der Waals surface area contributed by atoms with E-state index in [1.807, 2.05) is 13.8 Å². The Labute approximate surface area is 131 Å². The van der Waals surface area contributed by atoms with Crippen LogP contribution in [0.15, 0.2) is 12.1 Å². The van der Waals surface area contributed by atoms with Crippen molar-refractivity contribution in [1.82, 2.24) is 5.32 Å². The summed E-state index contributed by atoms with van der Waals surface area (Å²) in [5.74, 6) is -0.114. The van der Waals surface area contributed by atoms with Crippen LogP contribution in [0.5, 0.6) is 5.75 Å². The van der Waals surface area contributed by atoms with Crippen LogP contribution >= 0.6 is 0 Å². The molecule has 0 unspecified atom stereocenters. The zero-order valence-electron chi connectivity index (χ0n) is 13.7. The SMILES string of the molecule is CCC(CC)CNC(=O)c1cc(C)c(OCC(=O)O)c(C)c1. The smallest absolute Gasteiger partial charge is 0.341 e. The van der Waals surface area contributed by atoms with Gasteiger partial charge in [0.1, 0.15) is 5.75 Å². The molecule has 1 rings (SSSR count). The second-order valence-corrected chi connectivity index (χ2v) is 5.51. The summed E-state index contributed by atoms with van der Waals surface area (Å²) >= 11 is 0. The van der Waals surface area contributed by atoms with Gasteiger partial charge in [-0.2, -0.15) is 0 Å². The minimum Gasteiger partial charge on any atom is -0.481 e. The first-order valence-corrected chi connectivity index (χ1v) is 7.63. The number of amides is 1. The molecular formula is C17H25NO4. The van der Waals surface area contributed by atoms with E-state index in [9.17, 15) is 9.59 Å². The van der Waals surface area contributed by atoms with Crippen molar-refractivity contribution in [3.05, 3.63) is 28.8 Å². The van der Waals surface area contributed by atoms with Crippen LogP contribution in [0.4, 0.5) is 0 Å². The van der Waals surface area contributed by atoms with E-state index >= 15 is 0 Å². The van der Waals surface area contributed by atoms with Crippen molar-refractivity contribution in [2.45, 2.75) is 40.5 Å². The predicted molar refractivity (Wildman–Crippen MR) is 85.5 cm³/mol. The molecule has 1 aromatic rings. The Morgan fingerprint density at radius 2 is 1.73 bits per heavy atom. The highest BCUT2D eigenvalue weighted by molar-refractivity contribution is 5.94. The Hall–Kier alpha value is -2.04. The van der Waals surface area contributed by atoms with Crippen molar-refractivity contribution in [1.29, 1.82) is 0 Å².